The standard InChI is InChI=1S/C17H27N3O2/c1-22-15-5-8-18-16(13-15)20-11-9-19(10-12-20)14-17(21)6-3-2-4-7-17/h5,8,13,21H,2-4,6-7,9-12,14H2,1H3. The van der Waals surface area contributed by atoms with E-state index in [1.807, 2.05) is 12.1 Å². The summed E-state index contributed by atoms with van der Waals surface area (Å²) in [6, 6.07) is 3.86. The second-order valence-corrected chi connectivity index (χ2v) is 6.60. The van der Waals surface area contributed by atoms with Crippen LogP contribution >= 0.6 is 0 Å². The van der Waals surface area contributed by atoms with E-state index in [2.05, 4.69) is 14.8 Å². The second kappa shape index (κ2) is 6.84. The van der Waals surface area contributed by atoms with E-state index >= 15 is 0 Å². The van der Waals surface area contributed by atoms with E-state index in [9.17, 15) is 5.11 Å². The van der Waals surface area contributed by atoms with Gasteiger partial charge in [-0.05, 0) is 18.9 Å². The SMILES string of the molecule is COc1ccnc(N2CCN(CC3(O)CCCCC3)CC2)c1. The molecule has 1 aliphatic carbocycles. The van der Waals surface area contributed by atoms with Crippen LogP contribution < -0.4 is 9.64 Å². The van der Waals surface area contributed by atoms with Crippen LogP contribution in [0.5, 0.6) is 5.75 Å². The molecule has 0 atom stereocenters. The number of anilines is 1. The predicted molar refractivity (Wildman–Crippen MR) is 87.5 cm³/mol. The molecule has 1 saturated heterocycles. The Morgan fingerprint density at radius 1 is 1.18 bits per heavy atom. The summed E-state index contributed by atoms with van der Waals surface area (Å²) in [4.78, 5) is 9.14. The Morgan fingerprint density at radius 2 is 1.91 bits per heavy atom. The zero-order valence-electron chi connectivity index (χ0n) is 13.5. The van der Waals surface area contributed by atoms with Gasteiger partial charge in [-0.2, -0.15) is 0 Å². The number of hydrogen-bond acceptors (Lipinski definition) is 5. The molecule has 5 nitrogen and oxygen atoms in total. The van der Waals surface area contributed by atoms with Gasteiger partial charge in [0.15, 0.2) is 0 Å². The molecule has 0 unspecified atom stereocenters. The van der Waals surface area contributed by atoms with E-state index in [0.29, 0.717) is 0 Å². The summed E-state index contributed by atoms with van der Waals surface area (Å²) < 4.78 is 5.27. The normalized spacial score (nSPS) is 22.5. The van der Waals surface area contributed by atoms with Crippen molar-refractivity contribution >= 4 is 5.82 Å². The summed E-state index contributed by atoms with van der Waals surface area (Å²) in [5.74, 6) is 1.83. The average Bonchev–Trinajstić information content (AvgIpc) is 2.56. The van der Waals surface area contributed by atoms with E-state index in [1.54, 1.807) is 13.3 Å². The van der Waals surface area contributed by atoms with Crippen LogP contribution in [0.1, 0.15) is 32.1 Å². The first-order valence-corrected chi connectivity index (χ1v) is 8.38. The zero-order chi connectivity index (χ0) is 15.4. The maximum Gasteiger partial charge on any atom is 0.132 e. The monoisotopic (exact) mass is 305 g/mol. The lowest BCUT2D eigenvalue weighted by Gasteiger charge is -2.41. The van der Waals surface area contributed by atoms with Crippen LogP contribution in [0.2, 0.25) is 0 Å². The molecule has 2 heterocycles. The van der Waals surface area contributed by atoms with Crippen molar-refractivity contribution in [3.05, 3.63) is 18.3 Å². The van der Waals surface area contributed by atoms with Crippen LogP contribution in [0.3, 0.4) is 0 Å². The topological polar surface area (TPSA) is 48.8 Å². The fraction of sp³-hybridized carbons (Fsp3) is 0.706. The quantitative estimate of drug-likeness (QED) is 0.921. The van der Waals surface area contributed by atoms with Gasteiger partial charge in [-0.3, -0.25) is 4.90 Å². The molecule has 0 radical (unpaired) electrons. The van der Waals surface area contributed by atoms with Gasteiger partial charge in [0, 0.05) is 45.0 Å². The number of ether oxygens (including phenoxy) is 1. The Hall–Kier alpha value is -1.33. The highest BCUT2D eigenvalue weighted by atomic mass is 16.5. The Balaban J connectivity index is 1.53. The predicted octanol–water partition coefficient (Wildman–Crippen LogP) is 1.91. The van der Waals surface area contributed by atoms with Gasteiger partial charge in [0.25, 0.3) is 0 Å². The van der Waals surface area contributed by atoms with Crippen LogP contribution in [0.15, 0.2) is 18.3 Å². The first-order chi connectivity index (χ1) is 10.7. The van der Waals surface area contributed by atoms with Gasteiger partial charge in [0.2, 0.25) is 0 Å². The van der Waals surface area contributed by atoms with Crippen molar-refractivity contribution in [1.29, 1.82) is 0 Å². The zero-order valence-corrected chi connectivity index (χ0v) is 13.5. The van der Waals surface area contributed by atoms with Crippen molar-refractivity contribution in [1.82, 2.24) is 9.88 Å². The molecule has 0 amide bonds. The van der Waals surface area contributed by atoms with Crippen LogP contribution in [0, 0.1) is 0 Å². The molecule has 1 aromatic heterocycles. The second-order valence-electron chi connectivity index (χ2n) is 6.60. The largest absolute Gasteiger partial charge is 0.497 e. The first kappa shape index (κ1) is 15.6. The molecule has 22 heavy (non-hydrogen) atoms. The fourth-order valence-electron chi connectivity index (χ4n) is 3.62. The third-order valence-corrected chi connectivity index (χ3v) is 4.95. The summed E-state index contributed by atoms with van der Waals surface area (Å²) in [6.45, 7) is 4.71. The third-order valence-electron chi connectivity index (χ3n) is 4.95. The first-order valence-electron chi connectivity index (χ1n) is 8.38. The van der Waals surface area contributed by atoms with Gasteiger partial charge in [0.05, 0.1) is 12.7 Å². The number of β-amino-alcohol motifs (C(OH)–C–C–N with tert-alkyl or cyclic N) is 1. The Morgan fingerprint density at radius 3 is 2.59 bits per heavy atom. The Kier molecular flexibility index (Phi) is 4.84. The maximum absolute atomic E-state index is 10.7. The number of aliphatic hydroxyl groups is 1. The Labute approximate surface area is 132 Å². The lowest BCUT2D eigenvalue weighted by molar-refractivity contribution is -0.0271. The molecular weight excluding hydrogens is 278 g/mol. The molecular formula is C17H27N3O2. The van der Waals surface area contributed by atoms with E-state index < -0.39 is 5.60 Å². The number of nitrogens with zero attached hydrogens (tertiary/aromatic N) is 3. The lowest BCUT2D eigenvalue weighted by Crippen LogP contribution is -2.52. The summed E-state index contributed by atoms with van der Waals surface area (Å²) in [6.07, 6.45) is 7.34. The minimum absolute atomic E-state index is 0.450. The van der Waals surface area contributed by atoms with E-state index in [-0.39, 0.29) is 0 Å². The van der Waals surface area contributed by atoms with Crippen LogP contribution in [0.25, 0.3) is 0 Å². The molecule has 0 bridgehead atoms. The van der Waals surface area contributed by atoms with Crippen LogP contribution in [-0.4, -0.2) is 60.4 Å². The molecule has 3 rings (SSSR count). The highest BCUT2D eigenvalue weighted by Crippen LogP contribution is 2.29. The summed E-state index contributed by atoms with van der Waals surface area (Å²) in [5.41, 5.74) is -0.450. The van der Waals surface area contributed by atoms with Gasteiger partial charge in [-0.25, -0.2) is 4.98 Å². The van der Waals surface area contributed by atoms with Crippen LogP contribution in [0.4, 0.5) is 5.82 Å². The molecule has 2 aliphatic rings. The minimum atomic E-state index is -0.450. The average molecular weight is 305 g/mol. The summed E-state index contributed by atoms with van der Waals surface area (Å²) in [7, 11) is 1.68. The van der Waals surface area contributed by atoms with Crippen LogP contribution in [-0.2, 0) is 0 Å². The maximum atomic E-state index is 10.7. The van der Waals surface area contributed by atoms with E-state index in [1.165, 1.54) is 19.3 Å². The molecule has 1 saturated carbocycles. The van der Waals surface area contributed by atoms with E-state index in [4.69, 9.17) is 4.74 Å². The molecule has 1 N–H and O–H groups in total. The van der Waals surface area contributed by atoms with Gasteiger partial charge >= 0.3 is 0 Å². The number of piperazine rings is 1. The van der Waals surface area contributed by atoms with Crippen molar-refractivity contribution in [2.75, 3.05) is 44.7 Å². The number of rotatable bonds is 4. The molecule has 0 spiro atoms. The highest BCUT2D eigenvalue weighted by Gasteiger charge is 2.32. The van der Waals surface area contributed by atoms with Gasteiger partial charge in [-0.1, -0.05) is 19.3 Å². The van der Waals surface area contributed by atoms with Crippen molar-refractivity contribution in [2.45, 2.75) is 37.7 Å². The molecule has 2 fully saturated rings. The van der Waals surface area contributed by atoms with Crippen molar-refractivity contribution < 1.29 is 9.84 Å². The van der Waals surface area contributed by atoms with Crippen molar-refractivity contribution in [3.8, 4) is 5.75 Å². The number of hydrogen-bond donors (Lipinski definition) is 1. The molecule has 1 aromatic rings. The fourth-order valence-corrected chi connectivity index (χ4v) is 3.62. The lowest BCUT2D eigenvalue weighted by atomic mass is 9.84. The number of aromatic nitrogens is 1. The number of methoxy groups -OCH3 is 1. The van der Waals surface area contributed by atoms with Crippen molar-refractivity contribution in [2.24, 2.45) is 0 Å². The van der Waals surface area contributed by atoms with Gasteiger partial charge < -0.3 is 14.7 Å². The highest BCUT2D eigenvalue weighted by molar-refractivity contribution is 5.44. The van der Waals surface area contributed by atoms with Gasteiger partial charge in [0.1, 0.15) is 11.6 Å². The minimum Gasteiger partial charge on any atom is -0.497 e. The Bertz CT molecular complexity index is 481. The smallest absolute Gasteiger partial charge is 0.132 e. The third kappa shape index (κ3) is 3.70. The molecule has 0 aromatic carbocycles. The summed E-state index contributed by atoms with van der Waals surface area (Å²) >= 11 is 0. The summed E-state index contributed by atoms with van der Waals surface area (Å²) in [5, 5.41) is 10.7. The number of pyridine rings is 1. The molecule has 1 aliphatic heterocycles. The van der Waals surface area contributed by atoms with Gasteiger partial charge in [-0.15, -0.1) is 0 Å². The van der Waals surface area contributed by atoms with Crippen molar-refractivity contribution in [3.63, 3.8) is 0 Å². The van der Waals surface area contributed by atoms with E-state index in [0.717, 1.165) is 57.1 Å². The molecule has 122 valence electrons. The molecule has 5 heteroatoms.